The molecule has 2 rings (SSSR count). The average Bonchev–Trinajstić information content (AvgIpc) is 2.60. The summed E-state index contributed by atoms with van der Waals surface area (Å²) >= 11 is 0. The number of nitrogens with zero attached hydrogens (tertiary/aromatic N) is 1. The Kier molecular flexibility index (Phi) is 4.39. The molecule has 1 heterocycles. The maximum atomic E-state index is 12.2. The molecular weight excluding hydrogens is 246 g/mol. The number of ether oxygens (including phenoxy) is 1. The topological polar surface area (TPSA) is 66.8 Å². The molecule has 0 saturated heterocycles. The van der Waals surface area contributed by atoms with Crippen LogP contribution in [-0.4, -0.2) is 30.1 Å². The normalized spacial score (nSPS) is 14.2. The standard InChI is InChI=1S/C14H17NO4/c16-13(7-3-8-14(17)18)15-9-4-10-19-12-6-2-1-5-11(12)15/h1-2,5-6H,3-4,7-10H2,(H,17,18). The molecule has 0 fully saturated rings. The number of amides is 1. The van der Waals surface area contributed by atoms with Gasteiger partial charge in [-0.1, -0.05) is 12.1 Å². The second kappa shape index (κ2) is 6.22. The Morgan fingerprint density at radius 3 is 2.84 bits per heavy atom. The van der Waals surface area contributed by atoms with Crippen molar-refractivity contribution in [3.63, 3.8) is 0 Å². The van der Waals surface area contributed by atoms with Crippen LogP contribution in [0.4, 0.5) is 5.69 Å². The van der Waals surface area contributed by atoms with E-state index in [1.165, 1.54) is 0 Å². The largest absolute Gasteiger partial charge is 0.491 e. The number of para-hydroxylation sites is 2. The van der Waals surface area contributed by atoms with Gasteiger partial charge < -0.3 is 14.7 Å². The van der Waals surface area contributed by atoms with E-state index in [1.807, 2.05) is 24.3 Å². The van der Waals surface area contributed by atoms with E-state index in [0.717, 1.165) is 12.1 Å². The van der Waals surface area contributed by atoms with E-state index >= 15 is 0 Å². The molecule has 0 spiro atoms. The second-order valence-corrected chi connectivity index (χ2v) is 4.46. The van der Waals surface area contributed by atoms with E-state index in [1.54, 1.807) is 4.90 Å². The number of aliphatic carboxylic acids is 1. The minimum absolute atomic E-state index is 0.0255. The molecule has 19 heavy (non-hydrogen) atoms. The lowest BCUT2D eigenvalue weighted by Crippen LogP contribution is -2.31. The summed E-state index contributed by atoms with van der Waals surface area (Å²) in [6.45, 7) is 1.21. The van der Waals surface area contributed by atoms with Crippen LogP contribution in [0.25, 0.3) is 0 Å². The molecule has 0 bridgehead atoms. The fraction of sp³-hybridized carbons (Fsp3) is 0.429. The van der Waals surface area contributed by atoms with Crippen molar-refractivity contribution in [2.45, 2.75) is 25.7 Å². The van der Waals surface area contributed by atoms with Gasteiger partial charge in [0.1, 0.15) is 5.75 Å². The number of fused-ring (bicyclic) bond motifs is 1. The highest BCUT2D eigenvalue weighted by atomic mass is 16.5. The van der Waals surface area contributed by atoms with Crippen molar-refractivity contribution in [1.29, 1.82) is 0 Å². The predicted octanol–water partition coefficient (Wildman–Crippen LogP) is 2.06. The number of hydrogen-bond acceptors (Lipinski definition) is 3. The summed E-state index contributed by atoms with van der Waals surface area (Å²) in [6.07, 6.45) is 1.42. The summed E-state index contributed by atoms with van der Waals surface area (Å²) in [5.74, 6) is -0.196. The summed E-state index contributed by atoms with van der Waals surface area (Å²) in [6, 6.07) is 7.44. The van der Waals surface area contributed by atoms with E-state index in [9.17, 15) is 9.59 Å². The van der Waals surface area contributed by atoms with Crippen LogP contribution < -0.4 is 9.64 Å². The SMILES string of the molecule is O=C(O)CCCC(=O)N1CCCOc2ccccc21. The number of benzene rings is 1. The molecule has 1 aromatic rings. The van der Waals surface area contributed by atoms with Crippen molar-refractivity contribution in [3.05, 3.63) is 24.3 Å². The predicted molar refractivity (Wildman–Crippen MR) is 70.4 cm³/mol. The van der Waals surface area contributed by atoms with Crippen LogP contribution in [0, 0.1) is 0 Å². The van der Waals surface area contributed by atoms with Gasteiger partial charge in [-0.05, 0) is 25.0 Å². The van der Waals surface area contributed by atoms with Crippen molar-refractivity contribution in [1.82, 2.24) is 0 Å². The molecule has 1 amide bonds. The van der Waals surface area contributed by atoms with Crippen LogP contribution in [0.1, 0.15) is 25.7 Å². The number of carboxylic acid groups (broad SMARTS) is 1. The lowest BCUT2D eigenvalue weighted by atomic mass is 10.2. The second-order valence-electron chi connectivity index (χ2n) is 4.46. The average molecular weight is 263 g/mol. The van der Waals surface area contributed by atoms with E-state index in [-0.39, 0.29) is 18.7 Å². The van der Waals surface area contributed by atoms with E-state index < -0.39 is 5.97 Å². The van der Waals surface area contributed by atoms with Gasteiger partial charge in [-0.2, -0.15) is 0 Å². The summed E-state index contributed by atoms with van der Waals surface area (Å²) in [7, 11) is 0. The number of rotatable bonds is 4. The van der Waals surface area contributed by atoms with Crippen molar-refractivity contribution < 1.29 is 19.4 Å². The van der Waals surface area contributed by atoms with Gasteiger partial charge in [0.25, 0.3) is 0 Å². The first kappa shape index (κ1) is 13.4. The minimum atomic E-state index is -0.868. The van der Waals surface area contributed by atoms with Crippen LogP contribution >= 0.6 is 0 Å². The van der Waals surface area contributed by atoms with E-state index in [4.69, 9.17) is 9.84 Å². The molecule has 0 atom stereocenters. The molecule has 1 aliphatic heterocycles. The minimum Gasteiger partial charge on any atom is -0.491 e. The van der Waals surface area contributed by atoms with Gasteiger partial charge in [-0.25, -0.2) is 0 Å². The molecule has 5 nitrogen and oxygen atoms in total. The first-order valence-electron chi connectivity index (χ1n) is 6.42. The third-order valence-corrected chi connectivity index (χ3v) is 3.02. The Hall–Kier alpha value is -2.04. The summed E-state index contributed by atoms with van der Waals surface area (Å²) in [5, 5.41) is 8.59. The van der Waals surface area contributed by atoms with Gasteiger partial charge in [0, 0.05) is 19.4 Å². The molecule has 1 aliphatic rings. The fourth-order valence-electron chi connectivity index (χ4n) is 2.11. The lowest BCUT2D eigenvalue weighted by Gasteiger charge is -2.21. The molecule has 0 aromatic heterocycles. The zero-order chi connectivity index (χ0) is 13.7. The Morgan fingerprint density at radius 1 is 1.26 bits per heavy atom. The molecule has 0 saturated carbocycles. The van der Waals surface area contributed by atoms with E-state index in [0.29, 0.717) is 25.3 Å². The van der Waals surface area contributed by atoms with Crippen molar-refractivity contribution >= 4 is 17.6 Å². The third-order valence-electron chi connectivity index (χ3n) is 3.02. The van der Waals surface area contributed by atoms with E-state index in [2.05, 4.69) is 0 Å². The fourth-order valence-corrected chi connectivity index (χ4v) is 2.11. The zero-order valence-corrected chi connectivity index (χ0v) is 10.7. The molecule has 1 N–H and O–H groups in total. The first-order chi connectivity index (χ1) is 9.18. The van der Waals surface area contributed by atoms with Crippen LogP contribution in [0.2, 0.25) is 0 Å². The smallest absolute Gasteiger partial charge is 0.303 e. The summed E-state index contributed by atoms with van der Waals surface area (Å²) in [5.41, 5.74) is 0.778. The molecule has 0 aliphatic carbocycles. The van der Waals surface area contributed by atoms with Crippen LogP contribution in [0.5, 0.6) is 5.75 Å². The number of hydrogen-bond donors (Lipinski definition) is 1. The van der Waals surface area contributed by atoms with Gasteiger partial charge in [0.2, 0.25) is 5.91 Å². The monoisotopic (exact) mass is 263 g/mol. The highest BCUT2D eigenvalue weighted by Crippen LogP contribution is 2.30. The number of anilines is 1. The van der Waals surface area contributed by atoms with Crippen LogP contribution in [0.3, 0.4) is 0 Å². The van der Waals surface area contributed by atoms with Crippen molar-refractivity contribution in [3.8, 4) is 5.75 Å². The molecule has 0 unspecified atom stereocenters. The van der Waals surface area contributed by atoms with Gasteiger partial charge in [0.15, 0.2) is 0 Å². The van der Waals surface area contributed by atoms with Crippen molar-refractivity contribution in [2.24, 2.45) is 0 Å². The highest BCUT2D eigenvalue weighted by molar-refractivity contribution is 5.95. The van der Waals surface area contributed by atoms with Crippen LogP contribution in [-0.2, 0) is 9.59 Å². The highest BCUT2D eigenvalue weighted by Gasteiger charge is 2.21. The third kappa shape index (κ3) is 3.47. The molecule has 0 radical (unpaired) electrons. The van der Waals surface area contributed by atoms with Gasteiger partial charge in [0.05, 0.1) is 12.3 Å². The summed E-state index contributed by atoms with van der Waals surface area (Å²) in [4.78, 5) is 24.3. The molecule has 5 heteroatoms. The molecule has 102 valence electrons. The van der Waals surface area contributed by atoms with Gasteiger partial charge in [-0.15, -0.1) is 0 Å². The van der Waals surface area contributed by atoms with Crippen LogP contribution in [0.15, 0.2) is 24.3 Å². The number of carboxylic acids is 1. The maximum absolute atomic E-state index is 12.2. The van der Waals surface area contributed by atoms with Gasteiger partial charge in [-0.3, -0.25) is 9.59 Å². The quantitative estimate of drug-likeness (QED) is 0.902. The summed E-state index contributed by atoms with van der Waals surface area (Å²) < 4.78 is 5.58. The first-order valence-corrected chi connectivity index (χ1v) is 6.42. The van der Waals surface area contributed by atoms with Gasteiger partial charge >= 0.3 is 5.97 Å². The lowest BCUT2D eigenvalue weighted by molar-refractivity contribution is -0.137. The Balaban J connectivity index is 2.06. The zero-order valence-electron chi connectivity index (χ0n) is 10.7. The Labute approximate surface area is 111 Å². The Bertz CT molecular complexity index is 472. The number of carbonyl (C=O) groups is 2. The van der Waals surface area contributed by atoms with Crippen molar-refractivity contribution in [2.75, 3.05) is 18.1 Å². The maximum Gasteiger partial charge on any atom is 0.303 e. The molecule has 1 aromatic carbocycles. The Morgan fingerprint density at radius 2 is 2.05 bits per heavy atom. The molecular formula is C14H17NO4. The number of carbonyl (C=O) groups excluding carboxylic acids is 1.